The average Bonchev–Trinajstić information content (AvgIpc) is 2.83. The molecule has 2 N–H and O–H groups in total. The number of rotatable bonds is 5. The predicted octanol–water partition coefficient (Wildman–Crippen LogP) is 3.97. The minimum absolute atomic E-state index is 0.0746. The minimum Gasteiger partial charge on any atom is -0.491 e. The molecular formula is C25H25N5O2. The van der Waals surface area contributed by atoms with Gasteiger partial charge in [-0.2, -0.15) is 5.26 Å². The molecule has 0 saturated heterocycles. The van der Waals surface area contributed by atoms with Crippen LogP contribution in [0.5, 0.6) is 5.75 Å². The molecule has 1 aromatic carbocycles. The number of aromatic nitrogens is 2. The van der Waals surface area contributed by atoms with Crippen molar-refractivity contribution in [3.8, 4) is 22.9 Å². The van der Waals surface area contributed by atoms with E-state index in [1.165, 1.54) is 0 Å². The Hall–Kier alpha value is -3.92. The van der Waals surface area contributed by atoms with Crippen LogP contribution in [-0.4, -0.2) is 33.4 Å². The van der Waals surface area contributed by atoms with Gasteiger partial charge in [-0.05, 0) is 43.2 Å². The van der Waals surface area contributed by atoms with Crippen molar-refractivity contribution >= 4 is 11.7 Å². The molecule has 3 heterocycles. The van der Waals surface area contributed by atoms with Crippen LogP contribution in [0.25, 0.3) is 11.1 Å². The lowest BCUT2D eigenvalue weighted by atomic mass is 9.90. The van der Waals surface area contributed by atoms with Gasteiger partial charge in [0.05, 0.1) is 11.8 Å². The highest BCUT2D eigenvalue weighted by Crippen LogP contribution is 2.36. The van der Waals surface area contributed by atoms with E-state index in [9.17, 15) is 10.1 Å². The van der Waals surface area contributed by atoms with Gasteiger partial charge in [0.1, 0.15) is 23.2 Å². The number of nitrogens with zero attached hydrogens (tertiary/aromatic N) is 4. The molecular weight excluding hydrogens is 402 g/mol. The Kier molecular flexibility index (Phi) is 6.04. The van der Waals surface area contributed by atoms with Gasteiger partial charge in [-0.15, -0.1) is 0 Å². The first kappa shape index (κ1) is 21.3. The fourth-order valence-corrected chi connectivity index (χ4v) is 3.90. The summed E-state index contributed by atoms with van der Waals surface area (Å²) in [4.78, 5) is 23.3. The zero-order chi connectivity index (χ0) is 22.7. The first-order valence-corrected chi connectivity index (χ1v) is 10.7. The van der Waals surface area contributed by atoms with E-state index in [0.29, 0.717) is 30.6 Å². The molecule has 32 heavy (non-hydrogen) atoms. The van der Waals surface area contributed by atoms with E-state index in [4.69, 9.17) is 10.5 Å². The number of carbonyl (C=O) groups excluding carboxylic acids is 1. The second-order valence-electron chi connectivity index (χ2n) is 7.86. The Morgan fingerprint density at radius 1 is 1.31 bits per heavy atom. The molecule has 7 nitrogen and oxygen atoms in total. The van der Waals surface area contributed by atoms with E-state index in [0.717, 1.165) is 34.6 Å². The normalized spacial score (nSPS) is 13.7. The maximum atomic E-state index is 13.1. The Bertz CT molecular complexity index is 1190. The average molecular weight is 428 g/mol. The molecule has 0 bridgehead atoms. The smallest absolute Gasteiger partial charge is 0.254 e. The van der Waals surface area contributed by atoms with Gasteiger partial charge >= 0.3 is 0 Å². The molecule has 1 aliphatic rings. The summed E-state index contributed by atoms with van der Waals surface area (Å²) in [6.07, 6.45) is 4.74. The molecule has 1 atom stereocenters. The Morgan fingerprint density at radius 2 is 2.09 bits per heavy atom. The number of ether oxygens (including phenoxy) is 1. The molecule has 0 radical (unpaired) electrons. The van der Waals surface area contributed by atoms with Gasteiger partial charge in [-0.25, -0.2) is 4.98 Å². The first-order chi connectivity index (χ1) is 15.5. The maximum absolute atomic E-state index is 13.1. The van der Waals surface area contributed by atoms with Crippen LogP contribution in [-0.2, 0) is 13.0 Å². The zero-order valence-electron chi connectivity index (χ0n) is 18.2. The van der Waals surface area contributed by atoms with Crippen LogP contribution >= 0.6 is 0 Å². The van der Waals surface area contributed by atoms with E-state index in [-0.39, 0.29) is 17.8 Å². The molecule has 0 spiro atoms. The van der Waals surface area contributed by atoms with Crippen molar-refractivity contribution in [2.45, 2.75) is 39.3 Å². The van der Waals surface area contributed by atoms with Crippen LogP contribution in [0.1, 0.15) is 47.4 Å². The number of amides is 1. The molecule has 0 saturated carbocycles. The van der Waals surface area contributed by atoms with Gasteiger partial charge in [-0.1, -0.05) is 19.1 Å². The van der Waals surface area contributed by atoms with Crippen molar-refractivity contribution in [3.63, 3.8) is 0 Å². The summed E-state index contributed by atoms with van der Waals surface area (Å²) in [6.45, 7) is 4.96. The van der Waals surface area contributed by atoms with E-state index < -0.39 is 0 Å². The number of hydrogen-bond acceptors (Lipinski definition) is 6. The van der Waals surface area contributed by atoms with Crippen molar-refractivity contribution in [1.82, 2.24) is 14.9 Å². The van der Waals surface area contributed by atoms with Crippen LogP contribution in [0.15, 0.2) is 48.8 Å². The Morgan fingerprint density at radius 3 is 2.81 bits per heavy atom. The topological polar surface area (TPSA) is 105 Å². The summed E-state index contributed by atoms with van der Waals surface area (Å²) in [5.74, 6) is 0.863. The molecule has 162 valence electrons. The Balaban J connectivity index is 1.78. The summed E-state index contributed by atoms with van der Waals surface area (Å²) in [7, 11) is 0. The number of pyridine rings is 2. The van der Waals surface area contributed by atoms with Crippen molar-refractivity contribution in [2.75, 3.05) is 12.3 Å². The highest BCUT2D eigenvalue weighted by atomic mass is 16.5. The van der Waals surface area contributed by atoms with Gasteiger partial charge in [-0.3, -0.25) is 9.78 Å². The van der Waals surface area contributed by atoms with E-state index >= 15 is 0 Å². The van der Waals surface area contributed by atoms with Gasteiger partial charge in [0, 0.05) is 48.6 Å². The molecule has 7 heteroatoms. The van der Waals surface area contributed by atoms with Crippen LogP contribution in [0.4, 0.5) is 5.82 Å². The molecule has 2 aromatic heterocycles. The summed E-state index contributed by atoms with van der Waals surface area (Å²) in [5, 5.41) is 9.88. The SMILES string of the molecule is CCC(C)Oc1cccc(-c2c(C#N)c(N)nc3c2CN(C(=O)c2ccncc2)CC3)c1. The number of carbonyl (C=O) groups is 1. The third-order valence-electron chi connectivity index (χ3n) is 5.74. The van der Waals surface area contributed by atoms with Crippen molar-refractivity contribution < 1.29 is 9.53 Å². The lowest BCUT2D eigenvalue weighted by Crippen LogP contribution is -2.37. The quantitative estimate of drug-likeness (QED) is 0.660. The largest absolute Gasteiger partial charge is 0.491 e. The summed E-state index contributed by atoms with van der Waals surface area (Å²) >= 11 is 0. The van der Waals surface area contributed by atoms with Crippen molar-refractivity contribution in [1.29, 1.82) is 5.26 Å². The molecule has 0 aliphatic carbocycles. The molecule has 1 unspecified atom stereocenters. The predicted molar refractivity (Wildman–Crippen MR) is 122 cm³/mol. The van der Waals surface area contributed by atoms with Crippen LogP contribution < -0.4 is 10.5 Å². The number of nitrogen functional groups attached to an aromatic ring is 1. The van der Waals surface area contributed by atoms with Gasteiger partial charge in [0.2, 0.25) is 0 Å². The van der Waals surface area contributed by atoms with E-state index in [1.54, 1.807) is 29.4 Å². The highest BCUT2D eigenvalue weighted by molar-refractivity contribution is 5.94. The number of hydrogen-bond donors (Lipinski definition) is 1. The van der Waals surface area contributed by atoms with E-state index in [2.05, 4.69) is 23.0 Å². The van der Waals surface area contributed by atoms with Crippen molar-refractivity contribution in [2.24, 2.45) is 0 Å². The van der Waals surface area contributed by atoms with Crippen LogP contribution in [0.2, 0.25) is 0 Å². The summed E-state index contributed by atoms with van der Waals surface area (Å²) in [6, 6.07) is 13.3. The summed E-state index contributed by atoms with van der Waals surface area (Å²) < 4.78 is 5.99. The number of nitrogens with two attached hydrogens (primary N) is 1. The standard InChI is InChI=1S/C25H25N5O2/c1-3-16(2)32-19-6-4-5-18(13-19)23-20(14-26)24(27)29-22-9-12-30(15-21(22)23)25(31)17-7-10-28-11-8-17/h4-8,10-11,13,16H,3,9,12,15H2,1-2H3,(H2,27,29). The first-order valence-electron chi connectivity index (χ1n) is 10.7. The fourth-order valence-electron chi connectivity index (χ4n) is 3.90. The lowest BCUT2D eigenvalue weighted by Gasteiger charge is -2.30. The number of fused-ring (bicyclic) bond motifs is 1. The molecule has 3 aromatic rings. The lowest BCUT2D eigenvalue weighted by molar-refractivity contribution is 0.0734. The minimum atomic E-state index is -0.0758. The third-order valence-corrected chi connectivity index (χ3v) is 5.74. The zero-order valence-corrected chi connectivity index (χ0v) is 18.2. The van der Waals surface area contributed by atoms with Gasteiger partial charge in [0.15, 0.2) is 0 Å². The molecule has 4 rings (SSSR count). The summed E-state index contributed by atoms with van der Waals surface area (Å²) in [5.41, 5.74) is 10.3. The van der Waals surface area contributed by atoms with Gasteiger partial charge in [0.25, 0.3) is 5.91 Å². The Labute approximate surface area is 187 Å². The second kappa shape index (κ2) is 9.06. The number of benzene rings is 1. The maximum Gasteiger partial charge on any atom is 0.254 e. The highest BCUT2D eigenvalue weighted by Gasteiger charge is 2.28. The number of anilines is 1. The van der Waals surface area contributed by atoms with Gasteiger partial charge < -0.3 is 15.4 Å². The molecule has 0 fully saturated rings. The second-order valence-corrected chi connectivity index (χ2v) is 7.86. The number of nitriles is 1. The van der Waals surface area contributed by atoms with Crippen LogP contribution in [0.3, 0.4) is 0 Å². The monoisotopic (exact) mass is 427 g/mol. The third kappa shape index (κ3) is 4.12. The van der Waals surface area contributed by atoms with Crippen LogP contribution in [0, 0.1) is 11.3 Å². The van der Waals surface area contributed by atoms with E-state index in [1.807, 2.05) is 31.2 Å². The fraction of sp³-hybridized carbons (Fsp3) is 0.280. The molecule has 1 amide bonds. The van der Waals surface area contributed by atoms with Crippen molar-refractivity contribution in [3.05, 3.63) is 71.2 Å². The molecule has 1 aliphatic heterocycles.